The minimum Gasteiger partial charge on any atom is -0.479 e. The second-order valence-electron chi connectivity index (χ2n) is 4.30. The molecule has 17 heavy (non-hydrogen) atoms. The Morgan fingerprint density at radius 2 is 2.00 bits per heavy atom. The molecule has 0 aromatic heterocycles. The molecule has 92 valence electrons. The molecule has 0 bridgehead atoms. The number of nitrogens with zero attached hydrogens (tertiary/aromatic N) is 1. The molecule has 0 saturated carbocycles. The molecule has 0 spiro atoms. The van der Waals surface area contributed by atoms with Crippen molar-refractivity contribution in [3.8, 4) is 0 Å². The van der Waals surface area contributed by atoms with Crippen LogP contribution in [0.4, 0.5) is 5.69 Å². The Labute approximate surface area is 104 Å². The molecular formula is C12H14ClNO3. The van der Waals surface area contributed by atoms with E-state index in [0.717, 1.165) is 5.69 Å². The third-order valence-corrected chi connectivity index (χ3v) is 3.40. The van der Waals surface area contributed by atoms with Crippen LogP contribution in [0.25, 0.3) is 0 Å². The van der Waals surface area contributed by atoms with E-state index in [4.69, 9.17) is 16.7 Å². The molecular weight excluding hydrogens is 242 g/mol. The first-order valence-electron chi connectivity index (χ1n) is 5.47. The Bertz CT molecular complexity index is 428. The van der Waals surface area contributed by atoms with Crippen molar-refractivity contribution in [3.63, 3.8) is 0 Å². The van der Waals surface area contributed by atoms with Crippen molar-refractivity contribution in [3.05, 3.63) is 29.3 Å². The summed E-state index contributed by atoms with van der Waals surface area (Å²) in [6.45, 7) is 1.03. The van der Waals surface area contributed by atoms with Crippen LogP contribution in [0.15, 0.2) is 24.3 Å². The first-order valence-corrected chi connectivity index (χ1v) is 5.85. The molecule has 0 radical (unpaired) electrons. The van der Waals surface area contributed by atoms with Gasteiger partial charge in [-0.05, 0) is 18.2 Å². The first-order chi connectivity index (χ1) is 8.01. The second-order valence-corrected chi connectivity index (χ2v) is 4.74. The lowest BCUT2D eigenvalue weighted by atomic mass is 9.91. The van der Waals surface area contributed by atoms with Crippen molar-refractivity contribution < 1.29 is 15.0 Å². The molecule has 1 aromatic rings. The van der Waals surface area contributed by atoms with Gasteiger partial charge in [0.25, 0.3) is 0 Å². The molecule has 5 heteroatoms. The van der Waals surface area contributed by atoms with Crippen LogP contribution in [0.2, 0.25) is 5.02 Å². The van der Waals surface area contributed by atoms with Crippen LogP contribution in [0.1, 0.15) is 12.8 Å². The van der Waals surface area contributed by atoms with Gasteiger partial charge in [0.15, 0.2) is 5.60 Å². The number of carboxylic acids is 1. The van der Waals surface area contributed by atoms with E-state index in [1.165, 1.54) is 0 Å². The SMILES string of the molecule is O=C(O)C1(O)CCN(c2cccc(Cl)c2)CC1. The minimum atomic E-state index is -1.57. The van der Waals surface area contributed by atoms with Crippen molar-refractivity contribution in [2.75, 3.05) is 18.0 Å². The van der Waals surface area contributed by atoms with E-state index in [-0.39, 0.29) is 12.8 Å². The normalized spacial score (nSPS) is 19.1. The highest BCUT2D eigenvalue weighted by Crippen LogP contribution is 2.27. The third-order valence-electron chi connectivity index (χ3n) is 3.16. The van der Waals surface area contributed by atoms with E-state index >= 15 is 0 Å². The molecule has 1 aliphatic rings. The van der Waals surface area contributed by atoms with Gasteiger partial charge in [-0.25, -0.2) is 4.79 Å². The lowest BCUT2D eigenvalue weighted by molar-refractivity contribution is -0.160. The average Bonchev–Trinajstić information content (AvgIpc) is 2.30. The zero-order chi connectivity index (χ0) is 12.5. The Hall–Kier alpha value is -1.26. The van der Waals surface area contributed by atoms with Gasteiger partial charge < -0.3 is 15.1 Å². The van der Waals surface area contributed by atoms with Crippen LogP contribution in [0.3, 0.4) is 0 Å². The summed E-state index contributed by atoms with van der Waals surface area (Å²) < 4.78 is 0. The van der Waals surface area contributed by atoms with Crippen LogP contribution >= 0.6 is 11.6 Å². The van der Waals surface area contributed by atoms with Crippen LogP contribution in [0.5, 0.6) is 0 Å². The summed E-state index contributed by atoms with van der Waals surface area (Å²) in [5.74, 6) is -1.14. The van der Waals surface area contributed by atoms with E-state index in [1.807, 2.05) is 23.1 Å². The lowest BCUT2D eigenvalue weighted by Gasteiger charge is -2.36. The summed E-state index contributed by atoms with van der Waals surface area (Å²) in [4.78, 5) is 12.9. The molecule has 0 atom stereocenters. The van der Waals surface area contributed by atoms with Gasteiger partial charge in [-0.1, -0.05) is 17.7 Å². The number of halogens is 1. The highest BCUT2D eigenvalue weighted by molar-refractivity contribution is 6.30. The smallest absolute Gasteiger partial charge is 0.335 e. The van der Waals surface area contributed by atoms with E-state index in [9.17, 15) is 9.90 Å². The maximum Gasteiger partial charge on any atom is 0.335 e. The number of hydrogen-bond donors (Lipinski definition) is 2. The van der Waals surface area contributed by atoms with Crippen molar-refractivity contribution in [1.82, 2.24) is 0 Å². The zero-order valence-electron chi connectivity index (χ0n) is 9.27. The monoisotopic (exact) mass is 255 g/mol. The lowest BCUT2D eigenvalue weighted by Crippen LogP contribution is -2.49. The fourth-order valence-electron chi connectivity index (χ4n) is 2.02. The molecule has 0 aliphatic carbocycles. The number of carboxylic acid groups (broad SMARTS) is 1. The molecule has 2 rings (SSSR count). The number of aliphatic carboxylic acids is 1. The molecule has 2 N–H and O–H groups in total. The number of benzene rings is 1. The van der Waals surface area contributed by atoms with Crippen molar-refractivity contribution in [1.29, 1.82) is 0 Å². The Morgan fingerprint density at radius 3 is 2.53 bits per heavy atom. The topological polar surface area (TPSA) is 60.8 Å². The van der Waals surface area contributed by atoms with E-state index < -0.39 is 11.6 Å². The van der Waals surface area contributed by atoms with Gasteiger partial charge >= 0.3 is 5.97 Å². The minimum absolute atomic E-state index is 0.231. The first kappa shape index (κ1) is 12.2. The maximum absolute atomic E-state index is 10.9. The molecule has 4 nitrogen and oxygen atoms in total. The van der Waals surface area contributed by atoms with Crippen LogP contribution in [-0.4, -0.2) is 34.9 Å². The van der Waals surface area contributed by atoms with Gasteiger partial charge in [-0.15, -0.1) is 0 Å². The predicted molar refractivity (Wildman–Crippen MR) is 65.5 cm³/mol. The van der Waals surface area contributed by atoms with Gasteiger partial charge in [0.05, 0.1) is 0 Å². The molecule has 1 aliphatic heterocycles. The summed E-state index contributed by atoms with van der Waals surface area (Å²) in [5, 5.41) is 19.4. The fraction of sp³-hybridized carbons (Fsp3) is 0.417. The van der Waals surface area contributed by atoms with E-state index in [1.54, 1.807) is 6.07 Å². The summed E-state index contributed by atoms with van der Waals surface area (Å²) >= 11 is 5.90. The number of anilines is 1. The van der Waals surface area contributed by atoms with Gasteiger partial charge in [0, 0.05) is 36.6 Å². The molecule has 1 saturated heterocycles. The highest BCUT2D eigenvalue weighted by Gasteiger charge is 2.39. The molecule has 0 unspecified atom stereocenters. The zero-order valence-corrected chi connectivity index (χ0v) is 10.0. The van der Waals surface area contributed by atoms with Crippen LogP contribution < -0.4 is 4.90 Å². The van der Waals surface area contributed by atoms with E-state index in [2.05, 4.69) is 0 Å². The van der Waals surface area contributed by atoms with Gasteiger partial charge in [0.1, 0.15) is 0 Å². The Morgan fingerprint density at radius 1 is 1.35 bits per heavy atom. The number of hydrogen-bond acceptors (Lipinski definition) is 3. The van der Waals surface area contributed by atoms with Crippen molar-refractivity contribution >= 4 is 23.3 Å². The average molecular weight is 256 g/mol. The predicted octanol–water partition coefficient (Wildman–Crippen LogP) is 1.76. The van der Waals surface area contributed by atoms with Gasteiger partial charge in [0.2, 0.25) is 0 Å². The largest absolute Gasteiger partial charge is 0.479 e. The van der Waals surface area contributed by atoms with Crippen molar-refractivity contribution in [2.24, 2.45) is 0 Å². The summed E-state index contributed by atoms with van der Waals surface area (Å²) in [6.07, 6.45) is 0.462. The molecule has 1 aromatic carbocycles. The third kappa shape index (κ3) is 2.53. The molecule has 1 fully saturated rings. The number of rotatable bonds is 2. The summed E-state index contributed by atoms with van der Waals surface area (Å²) in [5.41, 5.74) is -0.611. The summed E-state index contributed by atoms with van der Waals surface area (Å²) in [7, 11) is 0. The quantitative estimate of drug-likeness (QED) is 0.845. The Kier molecular flexibility index (Phi) is 3.26. The van der Waals surface area contributed by atoms with E-state index in [0.29, 0.717) is 18.1 Å². The van der Waals surface area contributed by atoms with Crippen LogP contribution in [0, 0.1) is 0 Å². The number of piperidine rings is 1. The summed E-state index contributed by atoms with van der Waals surface area (Å²) in [6, 6.07) is 7.42. The highest BCUT2D eigenvalue weighted by atomic mass is 35.5. The number of aliphatic hydroxyl groups is 1. The van der Waals surface area contributed by atoms with Gasteiger partial charge in [-0.3, -0.25) is 0 Å². The van der Waals surface area contributed by atoms with Crippen molar-refractivity contribution in [2.45, 2.75) is 18.4 Å². The number of carbonyl (C=O) groups is 1. The second kappa shape index (κ2) is 4.55. The molecule has 0 amide bonds. The Balaban J connectivity index is 2.07. The van der Waals surface area contributed by atoms with Crippen LogP contribution in [-0.2, 0) is 4.79 Å². The molecule has 1 heterocycles. The standard InChI is InChI=1S/C12H14ClNO3/c13-9-2-1-3-10(8-9)14-6-4-12(17,5-7-14)11(15)16/h1-3,8,17H,4-7H2,(H,15,16). The maximum atomic E-state index is 10.9. The van der Waals surface area contributed by atoms with Gasteiger partial charge in [-0.2, -0.15) is 0 Å². The fourth-order valence-corrected chi connectivity index (χ4v) is 2.21.